The zero-order valence-corrected chi connectivity index (χ0v) is 11.8. The molecule has 0 aliphatic carbocycles. The van der Waals surface area contributed by atoms with Crippen molar-refractivity contribution in [1.82, 2.24) is 10.3 Å². The zero-order chi connectivity index (χ0) is 12.8. The van der Waals surface area contributed by atoms with Gasteiger partial charge >= 0.3 is 0 Å². The summed E-state index contributed by atoms with van der Waals surface area (Å²) < 4.78 is 5.90. The monoisotopic (exact) mass is 276 g/mol. The van der Waals surface area contributed by atoms with Crippen LogP contribution in [0.15, 0.2) is 0 Å². The molecule has 6 heteroatoms. The van der Waals surface area contributed by atoms with E-state index in [1.165, 1.54) is 11.3 Å². The van der Waals surface area contributed by atoms with Gasteiger partial charge in [0, 0.05) is 19.6 Å². The van der Waals surface area contributed by atoms with Gasteiger partial charge in [0.2, 0.25) is 5.91 Å². The Labute approximate surface area is 110 Å². The van der Waals surface area contributed by atoms with Crippen molar-refractivity contribution in [1.29, 1.82) is 0 Å². The molecule has 0 radical (unpaired) electrons. The number of ether oxygens (including phenoxy) is 1. The van der Waals surface area contributed by atoms with Crippen LogP contribution in [0.2, 0.25) is 4.34 Å². The highest BCUT2D eigenvalue weighted by Gasteiger charge is 2.12. The minimum atomic E-state index is -0.401. The van der Waals surface area contributed by atoms with Gasteiger partial charge in [-0.2, -0.15) is 0 Å². The van der Waals surface area contributed by atoms with Gasteiger partial charge in [-0.25, -0.2) is 4.98 Å². The SMILES string of the molecule is CCO[C@@H](C)C(=O)NCCc1nc(C)c(Cl)s1. The summed E-state index contributed by atoms with van der Waals surface area (Å²) in [5.41, 5.74) is 0.848. The Kier molecular flexibility index (Phi) is 5.88. The summed E-state index contributed by atoms with van der Waals surface area (Å²) in [6.45, 7) is 6.57. The second-order valence-corrected chi connectivity index (χ2v) is 5.29. The second-order valence-electron chi connectivity index (χ2n) is 3.61. The lowest BCUT2D eigenvalue weighted by atomic mass is 10.3. The highest BCUT2D eigenvalue weighted by Crippen LogP contribution is 2.23. The summed E-state index contributed by atoms with van der Waals surface area (Å²) in [5, 5.41) is 3.75. The van der Waals surface area contributed by atoms with Crippen molar-refractivity contribution in [3.63, 3.8) is 0 Å². The number of nitrogens with one attached hydrogen (secondary N) is 1. The van der Waals surface area contributed by atoms with Gasteiger partial charge in [0.15, 0.2) is 0 Å². The molecule has 1 aromatic rings. The van der Waals surface area contributed by atoms with Crippen LogP contribution in [0.5, 0.6) is 0 Å². The van der Waals surface area contributed by atoms with Gasteiger partial charge in [0.05, 0.1) is 10.7 Å². The summed E-state index contributed by atoms with van der Waals surface area (Å²) in [4.78, 5) is 15.8. The van der Waals surface area contributed by atoms with Crippen molar-refractivity contribution in [2.45, 2.75) is 33.3 Å². The molecule has 1 amide bonds. The van der Waals surface area contributed by atoms with Gasteiger partial charge in [-0.3, -0.25) is 4.79 Å². The fourth-order valence-electron chi connectivity index (χ4n) is 1.30. The van der Waals surface area contributed by atoms with Crippen molar-refractivity contribution >= 4 is 28.8 Å². The van der Waals surface area contributed by atoms with Gasteiger partial charge in [0.1, 0.15) is 10.4 Å². The normalized spacial score (nSPS) is 12.5. The Bertz CT molecular complexity index is 362. The first-order valence-corrected chi connectivity index (χ1v) is 6.75. The van der Waals surface area contributed by atoms with E-state index in [0.29, 0.717) is 23.9 Å². The highest BCUT2D eigenvalue weighted by molar-refractivity contribution is 7.16. The first kappa shape index (κ1) is 14.4. The lowest BCUT2D eigenvalue weighted by Gasteiger charge is -2.11. The highest BCUT2D eigenvalue weighted by atomic mass is 35.5. The third-order valence-electron chi connectivity index (χ3n) is 2.21. The van der Waals surface area contributed by atoms with Gasteiger partial charge in [-0.05, 0) is 20.8 Å². The maximum absolute atomic E-state index is 11.5. The molecule has 1 N–H and O–H groups in total. The van der Waals surface area contributed by atoms with Gasteiger partial charge in [-0.15, -0.1) is 11.3 Å². The van der Waals surface area contributed by atoms with Crippen molar-refractivity contribution in [2.24, 2.45) is 0 Å². The Morgan fingerprint density at radius 2 is 2.35 bits per heavy atom. The molecule has 0 saturated carbocycles. The van der Waals surface area contributed by atoms with Gasteiger partial charge in [0.25, 0.3) is 0 Å². The first-order chi connectivity index (χ1) is 8.04. The molecule has 17 heavy (non-hydrogen) atoms. The van der Waals surface area contributed by atoms with E-state index in [1.807, 2.05) is 13.8 Å². The molecule has 0 aromatic carbocycles. The predicted octanol–water partition coefficient (Wildman–Crippen LogP) is 2.19. The number of aromatic nitrogens is 1. The number of halogens is 1. The number of amides is 1. The molecule has 0 bridgehead atoms. The Balaban J connectivity index is 2.30. The number of carbonyl (C=O) groups is 1. The molecule has 0 fully saturated rings. The van der Waals surface area contributed by atoms with E-state index in [9.17, 15) is 4.79 Å². The maximum Gasteiger partial charge on any atom is 0.248 e. The molecule has 1 atom stereocenters. The lowest BCUT2D eigenvalue weighted by molar-refractivity contribution is -0.131. The van der Waals surface area contributed by atoms with E-state index in [2.05, 4.69) is 10.3 Å². The largest absolute Gasteiger partial charge is 0.369 e. The third kappa shape index (κ3) is 4.61. The van der Waals surface area contributed by atoms with Crippen LogP contribution in [0.25, 0.3) is 0 Å². The summed E-state index contributed by atoms with van der Waals surface area (Å²) in [6, 6.07) is 0. The number of aryl methyl sites for hydroxylation is 1. The minimum Gasteiger partial charge on any atom is -0.369 e. The smallest absolute Gasteiger partial charge is 0.248 e. The number of carbonyl (C=O) groups excluding carboxylic acids is 1. The zero-order valence-electron chi connectivity index (χ0n) is 10.2. The quantitative estimate of drug-likeness (QED) is 0.866. The third-order valence-corrected chi connectivity index (χ3v) is 3.72. The molecule has 0 aliphatic heterocycles. The van der Waals surface area contributed by atoms with Crippen LogP contribution in [0.1, 0.15) is 24.5 Å². The van der Waals surface area contributed by atoms with Crippen LogP contribution in [-0.4, -0.2) is 30.1 Å². The van der Waals surface area contributed by atoms with Gasteiger partial charge in [-0.1, -0.05) is 11.6 Å². The molecule has 0 saturated heterocycles. The molecule has 0 spiro atoms. The van der Waals surface area contributed by atoms with E-state index in [0.717, 1.165) is 10.7 Å². The topological polar surface area (TPSA) is 51.2 Å². The molecule has 1 aromatic heterocycles. The van der Waals surface area contributed by atoms with Crippen LogP contribution < -0.4 is 5.32 Å². The number of nitrogens with zero attached hydrogens (tertiary/aromatic N) is 1. The second kappa shape index (κ2) is 6.93. The van der Waals surface area contributed by atoms with E-state index < -0.39 is 6.10 Å². The van der Waals surface area contributed by atoms with Crippen LogP contribution >= 0.6 is 22.9 Å². The molecule has 1 heterocycles. The van der Waals surface area contributed by atoms with Crippen molar-refractivity contribution < 1.29 is 9.53 Å². The Hall–Kier alpha value is -0.650. The fourth-order valence-corrected chi connectivity index (χ4v) is 2.40. The molecule has 1 rings (SSSR count). The first-order valence-electron chi connectivity index (χ1n) is 5.55. The maximum atomic E-state index is 11.5. The molecule has 0 aliphatic rings. The van der Waals surface area contributed by atoms with Crippen LogP contribution in [0.4, 0.5) is 0 Å². The minimum absolute atomic E-state index is 0.0915. The average Bonchev–Trinajstić information content (AvgIpc) is 2.58. The molecule has 4 nitrogen and oxygen atoms in total. The van der Waals surface area contributed by atoms with E-state index in [4.69, 9.17) is 16.3 Å². The van der Waals surface area contributed by atoms with E-state index in [1.54, 1.807) is 6.92 Å². The summed E-state index contributed by atoms with van der Waals surface area (Å²) in [6.07, 6.45) is 0.296. The standard InChI is InChI=1S/C11H17ClN2O2S/c1-4-16-8(3)11(15)13-6-5-9-14-7(2)10(12)17-9/h8H,4-6H2,1-3H3,(H,13,15)/t8-/m0/s1. The number of rotatable bonds is 6. The summed E-state index contributed by atoms with van der Waals surface area (Å²) in [5.74, 6) is -0.0915. The molecular weight excluding hydrogens is 260 g/mol. The van der Waals surface area contributed by atoms with E-state index >= 15 is 0 Å². The summed E-state index contributed by atoms with van der Waals surface area (Å²) >= 11 is 7.37. The number of hydrogen-bond donors (Lipinski definition) is 1. The van der Waals surface area contributed by atoms with Crippen LogP contribution in [0.3, 0.4) is 0 Å². The predicted molar refractivity (Wildman–Crippen MR) is 69.7 cm³/mol. The molecule has 96 valence electrons. The molecule has 0 unspecified atom stereocenters. The van der Waals surface area contributed by atoms with Gasteiger partial charge < -0.3 is 10.1 Å². The number of hydrogen-bond acceptors (Lipinski definition) is 4. The van der Waals surface area contributed by atoms with Crippen LogP contribution in [0, 0.1) is 6.92 Å². The average molecular weight is 277 g/mol. The van der Waals surface area contributed by atoms with Crippen molar-refractivity contribution in [3.05, 3.63) is 15.0 Å². The molecular formula is C11H17ClN2O2S. The van der Waals surface area contributed by atoms with Crippen molar-refractivity contribution in [2.75, 3.05) is 13.2 Å². The summed E-state index contributed by atoms with van der Waals surface area (Å²) in [7, 11) is 0. The van der Waals surface area contributed by atoms with E-state index in [-0.39, 0.29) is 5.91 Å². The Morgan fingerprint density at radius 3 is 2.88 bits per heavy atom. The van der Waals surface area contributed by atoms with Crippen LogP contribution in [-0.2, 0) is 16.0 Å². The Morgan fingerprint density at radius 1 is 1.65 bits per heavy atom. The fraction of sp³-hybridized carbons (Fsp3) is 0.636. The van der Waals surface area contributed by atoms with Crippen molar-refractivity contribution in [3.8, 4) is 0 Å². The number of thiazole rings is 1. The lowest BCUT2D eigenvalue weighted by Crippen LogP contribution is -2.35.